The zero-order valence-electron chi connectivity index (χ0n) is 14.8. The Bertz CT molecular complexity index is 893. The van der Waals surface area contributed by atoms with Gasteiger partial charge in [-0.15, -0.1) is 0 Å². The maximum Gasteiger partial charge on any atom is 0.336 e. The average Bonchev–Trinajstić information content (AvgIpc) is 3.16. The molecule has 2 aromatic rings. The summed E-state index contributed by atoms with van der Waals surface area (Å²) in [5, 5.41) is 18.3. The standard InChI is InChI=1S/C21H20O6/c1-2-21(26-10-11-27-21)16-5-3-4-14(12-16)6-7-15-8-9-17(19(22)23)18(13-15)20(24)25/h3-9,12-13H,2,10-11H2,1H3,(H,22,23)(H,24,25). The number of ether oxygens (including phenoxy) is 2. The maximum absolute atomic E-state index is 11.3. The van der Waals surface area contributed by atoms with Gasteiger partial charge in [-0.05, 0) is 29.3 Å². The minimum atomic E-state index is -1.27. The minimum Gasteiger partial charge on any atom is -0.478 e. The number of carboxylic acids is 2. The van der Waals surface area contributed by atoms with Gasteiger partial charge in [-0.25, -0.2) is 9.59 Å². The van der Waals surface area contributed by atoms with Crippen molar-refractivity contribution in [3.05, 3.63) is 70.3 Å². The number of hydrogen-bond donors (Lipinski definition) is 2. The number of aromatic carboxylic acids is 2. The van der Waals surface area contributed by atoms with Crippen molar-refractivity contribution >= 4 is 24.1 Å². The zero-order chi connectivity index (χ0) is 19.4. The fourth-order valence-electron chi connectivity index (χ4n) is 3.13. The molecule has 6 heteroatoms. The highest BCUT2D eigenvalue weighted by atomic mass is 16.7. The molecular weight excluding hydrogens is 348 g/mol. The summed E-state index contributed by atoms with van der Waals surface area (Å²) in [6, 6.07) is 12.0. The summed E-state index contributed by atoms with van der Waals surface area (Å²) >= 11 is 0. The molecule has 0 radical (unpaired) electrons. The third kappa shape index (κ3) is 3.92. The Balaban J connectivity index is 1.88. The van der Waals surface area contributed by atoms with Crippen LogP contribution in [0, 0.1) is 0 Å². The van der Waals surface area contributed by atoms with Gasteiger partial charge in [0.25, 0.3) is 0 Å². The highest BCUT2D eigenvalue weighted by Crippen LogP contribution is 2.35. The van der Waals surface area contributed by atoms with E-state index in [1.54, 1.807) is 12.1 Å². The molecule has 6 nitrogen and oxygen atoms in total. The van der Waals surface area contributed by atoms with E-state index in [0.717, 1.165) is 11.1 Å². The van der Waals surface area contributed by atoms with Gasteiger partial charge in [-0.2, -0.15) is 0 Å². The monoisotopic (exact) mass is 368 g/mol. The molecule has 0 atom stereocenters. The second-order valence-corrected chi connectivity index (χ2v) is 6.18. The molecule has 0 unspecified atom stereocenters. The Morgan fingerprint density at radius 3 is 2.19 bits per heavy atom. The van der Waals surface area contributed by atoms with E-state index in [2.05, 4.69) is 0 Å². The number of benzene rings is 2. The van der Waals surface area contributed by atoms with Gasteiger partial charge < -0.3 is 19.7 Å². The van der Waals surface area contributed by atoms with Crippen molar-refractivity contribution in [2.24, 2.45) is 0 Å². The highest BCUT2D eigenvalue weighted by Gasteiger charge is 2.36. The largest absolute Gasteiger partial charge is 0.478 e. The Morgan fingerprint density at radius 1 is 0.963 bits per heavy atom. The van der Waals surface area contributed by atoms with Crippen LogP contribution in [0.25, 0.3) is 12.2 Å². The Morgan fingerprint density at radius 2 is 1.59 bits per heavy atom. The second-order valence-electron chi connectivity index (χ2n) is 6.18. The van der Waals surface area contributed by atoms with Crippen LogP contribution in [0.15, 0.2) is 42.5 Å². The number of carbonyl (C=O) groups is 2. The van der Waals surface area contributed by atoms with Crippen LogP contribution in [-0.4, -0.2) is 35.4 Å². The van der Waals surface area contributed by atoms with E-state index >= 15 is 0 Å². The summed E-state index contributed by atoms with van der Waals surface area (Å²) < 4.78 is 11.6. The highest BCUT2D eigenvalue weighted by molar-refractivity contribution is 6.02. The van der Waals surface area contributed by atoms with Crippen LogP contribution >= 0.6 is 0 Å². The Hall–Kier alpha value is -2.96. The molecule has 1 aliphatic heterocycles. The molecule has 3 rings (SSSR count). The molecule has 2 N–H and O–H groups in total. The quantitative estimate of drug-likeness (QED) is 0.752. The number of hydrogen-bond acceptors (Lipinski definition) is 4. The van der Waals surface area contributed by atoms with Gasteiger partial charge in [0, 0.05) is 12.0 Å². The Kier molecular flexibility index (Phi) is 5.39. The van der Waals surface area contributed by atoms with Crippen molar-refractivity contribution in [1.29, 1.82) is 0 Å². The fourth-order valence-corrected chi connectivity index (χ4v) is 3.13. The average molecular weight is 368 g/mol. The van der Waals surface area contributed by atoms with Crippen LogP contribution < -0.4 is 0 Å². The van der Waals surface area contributed by atoms with Gasteiger partial charge in [0.1, 0.15) is 0 Å². The maximum atomic E-state index is 11.3. The first-order chi connectivity index (χ1) is 12.9. The molecule has 0 spiro atoms. The molecule has 1 saturated heterocycles. The van der Waals surface area contributed by atoms with E-state index in [1.807, 2.05) is 37.3 Å². The SMILES string of the molecule is CCC1(c2cccc(C=Cc3ccc(C(=O)O)c(C(=O)O)c3)c2)OCCO1. The summed E-state index contributed by atoms with van der Waals surface area (Å²) in [4.78, 5) is 22.4. The smallest absolute Gasteiger partial charge is 0.336 e. The van der Waals surface area contributed by atoms with Crippen molar-refractivity contribution in [3.63, 3.8) is 0 Å². The first-order valence-corrected chi connectivity index (χ1v) is 8.62. The molecule has 2 aromatic carbocycles. The summed E-state index contributed by atoms with van der Waals surface area (Å²) in [7, 11) is 0. The molecule has 0 bridgehead atoms. The second kappa shape index (κ2) is 7.73. The molecule has 0 aliphatic carbocycles. The van der Waals surface area contributed by atoms with Gasteiger partial charge in [0.15, 0.2) is 5.79 Å². The molecule has 1 aliphatic rings. The van der Waals surface area contributed by atoms with Gasteiger partial charge in [0.2, 0.25) is 0 Å². The number of rotatable bonds is 6. The molecular formula is C21H20O6. The van der Waals surface area contributed by atoms with Crippen molar-refractivity contribution < 1.29 is 29.3 Å². The van der Waals surface area contributed by atoms with Gasteiger partial charge in [-0.1, -0.05) is 43.3 Å². The lowest BCUT2D eigenvalue weighted by molar-refractivity contribution is -0.167. The van der Waals surface area contributed by atoms with Gasteiger partial charge >= 0.3 is 11.9 Å². The van der Waals surface area contributed by atoms with Crippen LogP contribution in [-0.2, 0) is 15.3 Å². The lowest BCUT2D eigenvalue weighted by Crippen LogP contribution is -2.25. The van der Waals surface area contributed by atoms with Crippen molar-refractivity contribution in [3.8, 4) is 0 Å². The summed E-state index contributed by atoms with van der Waals surface area (Å²) in [6.45, 7) is 3.12. The van der Waals surface area contributed by atoms with E-state index in [4.69, 9.17) is 14.6 Å². The predicted octanol–water partition coefficient (Wildman–Crippen LogP) is 3.86. The Labute approximate surface area is 156 Å². The lowest BCUT2D eigenvalue weighted by atomic mass is 9.99. The third-order valence-corrected chi connectivity index (χ3v) is 4.52. The zero-order valence-corrected chi connectivity index (χ0v) is 14.8. The van der Waals surface area contributed by atoms with E-state index in [9.17, 15) is 14.7 Å². The molecule has 0 aromatic heterocycles. The van der Waals surface area contributed by atoms with E-state index < -0.39 is 17.7 Å². The van der Waals surface area contributed by atoms with E-state index in [1.165, 1.54) is 12.1 Å². The first kappa shape index (κ1) is 18.8. The molecule has 1 fully saturated rings. The summed E-state index contributed by atoms with van der Waals surface area (Å²) in [5.74, 6) is -3.26. The summed E-state index contributed by atoms with van der Waals surface area (Å²) in [6.07, 6.45) is 4.27. The molecule has 0 saturated carbocycles. The van der Waals surface area contributed by atoms with Crippen molar-refractivity contribution in [1.82, 2.24) is 0 Å². The first-order valence-electron chi connectivity index (χ1n) is 8.62. The normalized spacial score (nSPS) is 15.9. The molecule has 1 heterocycles. The molecule has 140 valence electrons. The van der Waals surface area contributed by atoms with Crippen LogP contribution in [0.3, 0.4) is 0 Å². The van der Waals surface area contributed by atoms with Crippen LogP contribution in [0.1, 0.15) is 50.8 Å². The molecule has 0 amide bonds. The lowest BCUT2D eigenvalue weighted by Gasteiger charge is -2.26. The predicted molar refractivity (Wildman–Crippen MR) is 99.6 cm³/mol. The minimum absolute atomic E-state index is 0.234. The fraction of sp³-hybridized carbons (Fsp3) is 0.238. The topological polar surface area (TPSA) is 93.1 Å². The van der Waals surface area contributed by atoms with E-state index in [-0.39, 0.29) is 11.1 Å². The van der Waals surface area contributed by atoms with Crippen molar-refractivity contribution in [2.45, 2.75) is 19.1 Å². The van der Waals surface area contributed by atoms with E-state index in [0.29, 0.717) is 25.2 Å². The van der Waals surface area contributed by atoms with Gasteiger partial charge in [-0.3, -0.25) is 0 Å². The summed E-state index contributed by atoms with van der Waals surface area (Å²) in [5.41, 5.74) is 1.95. The van der Waals surface area contributed by atoms with Crippen LogP contribution in [0.4, 0.5) is 0 Å². The third-order valence-electron chi connectivity index (χ3n) is 4.52. The number of carboxylic acid groups (broad SMARTS) is 2. The molecule has 27 heavy (non-hydrogen) atoms. The van der Waals surface area contributed by atoms with Crippen LogP contribution in [0.5, 0.6) is 0 Å². The van der Waals surface area contributed by atoms with Crippen molar-refractivity contribution in [2.75, 3.05) is 13.2 Å². The van der Waals surface area contributed by atoms with Crippen LogP contribution in [0.2, 0.25) is 0 Å². The van der Waals surface area contributed by atoms with Gasteiger partial charge in [0.05, 0.1) is 24.3 Å².